The summed E-state index contributed by atoms with van der Waals surface area (Å²) in [6.07, 6.45) is -0.0161. The molecule has 3 atom stereocenters. The summed E-state index contributed by atoms with van der Waals surface area (Å²) in [4.78, 5) is 12.0. The van der Waals surface area contributed by atoms with Crippen molar-refractivity contribution in [2.24, 2.45) is 0 Å². The molecule has 1 fully saturated rings. The van der Waals surface area contributed by atoms with E-state index in [1.807, 2.05) is 6.92 Å². The molecule has 3 N–H and O–H groups in total. The summed E-state index contributed by atoms with van der Waals surface area (Å²) < 4.78 is 0. The van der Waals surface area contributed by atoms with Crippen LogP contribution in [0.25, 0.3) is 0 Å². The van der Waals surface area contributed by atoms with Gasteiger partial charge in [-0.25, -0.2) is 0 Å². The Labute approximate surface area is 122 Å². The number of β-amino-alcohol motifs (C(OH)–C–C–N with tert-alkyl or cyclic N) is 1. The molecule has 104 valence electrons. The second-order valence-corrected chi connectivity index (χ2v) is 5.59. The Balaban J connectivity index is 2.00. The maximum absolute atomic E-state index is 12.0. The fourth-order valence-corrected chi connectivity index (χ4v) is 2.73. The first-order valence-electron chi connectivity index (χ1n) is 6.14. The van der Waals surface area contributed by atoms with E-state index in [0.29, 0.717) is 23.0 Å². The first kappa shape index (κ1) is 14.6. The van der Waals surface area contributed by atoms with Gasteiger partial charge in [-0.15, -0.1) is 0 Å². The standard InChI is InChI=1S/C13H16Cl2N2O2/c1-7(10-3-2-8(14)4-11(10)15)17-13(19)12-5-9(18)6-16-12/h2-4,7,9,12,16,18H,5-6H2,1H3,(H,17,19)/t7-,9+,12-/m0/s1. The predicted molar refractivity (Wildman–Crippen MR) is 75.4 cm³/mol. The van der Waals surface area contributed by atoms with E-state index in [2.05, 4.69) is 10.6 Å². The summed E-state index contributed by atoms with van der Waals surface area (Å²) in [6, 6.07) is 4.63. The average Bonchev–Trinajstić information content (AvgIpc) is 2.75. The summed E-state index contributed by atoms with van der Waals surface area (Å²) >= 11 is 11.9. The Hall–Kier alpha value is -0.810. The molecule has 0 radical (unpaired) electrons. The number of benzene rings is 1. The molecule has 1 aliphatic rings. The zero-order valence-electron chi connectivity index (χ0n) is 10.5. The number of carbonyl (C=O) groups excluding carboxylic acids is 1. The summed E-state index contributed by atoms with van der Waals surface area (Å²) in [5.41, 5.74) is 0.818. The molecule has 6 heteroatoms. The van der Waals surface area contributed by atoms with Crippen molar-refractivity contribution in [1.82, 2.24) is 10.6 Å². The second kappa shape index (κ2) is 6.09. The van der Waals surface area contributed by atoms with Gasteiger partial charge < -0.3 is 15.7 Å². The van der Waals surface area contributed by atoms with Gasteiger partial charge in [-0.2, -0.15) is 0 Å². The van der Waals surface area contributed by atoms with E-state index in [-0.39, 0.29) is 18.0 Å². The van der Waals surface area contributed by atoms with Gasteiger partial charge in [0.15, 0.2) is 0 Å². The SMILES string of the molecule is C[C@H](NC(=O)[C@@H]1C[C@@H](O)CN1)c1ccc(Cl)cc1Cl. The predicted octanol–water partition coefficient (Wildman–Crippen LogP) is 1.89. The smallest absolute Gasteiger partial charge is 0.237 e. The van der Waals surface area contributed by atoms with Crippen molar-refractivity contribution in [2.45, 2.75) is 31.5 Å². The maximum Gasteiger partial charge on any atom is 0.237 e. The minimum absolute atomic E-state index is 0.130. The molecule has 1 amide bonds. The zero-order valence-corrected chi connectivity index (χ0v) is 12.0. The molecule has 0 saturated carbocycles. The van der Waals surface area contributed by atoms with Crippen molar-refractivity contribution in [3.63, 3.8) is 0 Å². The first-order chi connectivity index (χ1) is 8.97. The quantitative estimate of drug-likeness (QED) is 0.799. The highest BCUT2D eigenvalue weighted by molar-refractivity contribution is 6.35. The number of amides is 1. The molecule has 2 rings (SSSR count). The van der Waals surface area contributed by atoms with Gasteiger partial charge in [-0.1, -0.05) is 29.3 Å². The van der Waals surface area contributed by atoms with Crippen LogP contribution in [0.15, 0.2) is 18.2 Å². The van der Waals surface area contributed by atoms with Crippen molar-refractivity contribution >= 4 is 29.1 Å². The lowest BCUT2D eigenvalue weighted by Gasteiger charge is -2.18. The third kappa shape index (κ3) is 3.60. The summed E-state index contributed by atoms with van der Waals surface area (Å²) in [5, 5.41) is 16.3. The lowest BCUT2D eigenvalue weighted by Crippen LogP contribution is -2.41. The molecule has 19 heavy (non-hydrogen) atoms. The summed E-state index contributed by atoms with van der Waals surface area (Å²) in [5.74, 6) is -0.130. The molecule has 1 aliphatic heterocycles. The van der Waals surface area contributed by atoms with E-state index >= 15 is 0 Å². The molecule has 1 aromatic rings. The number of hydrogen-bond donors (Lipinski definition) is 3. The number of nitrogens with one attached hydrogen (secondary N) is 2. The van der Waals surface area contributed by atoms with Gasteiger partial charge in [0.25, 0.3) is 0 Å². The Bertz CT molecular complexity index is 482. The number of aliphatic hydroxyl groups is 1. The van der Waals surface area contributed by atoms with Crippen LogP contribution in [0.2, 0.25) is 10.0 Å². The molecule has 1 saturated heterocycles. The fraction of sp³-hybridized carbons (Fsp3) is 0.462. The molecule has 0 bridgehead atoms. The lowest BCUT2D eigenvalue weighted by molar-refractivity contribution is -0.123. The van der Waals surface area contributed by atoms with Crippen molar-refractivity contribution in [3.8, 4) is 0 Å². The highest BCUT2D eigenvalue weighted by atomic mass is 35.5. The summed E-state index contributed by atoms with van der Waals surface area (Å²) in [6.45, 7) is 2.31. The van der Waals surface area contributed by atoms with Gasteiger partial charge in [-0.05, 0) is 31.0 Å². The minimum Gasteiger partial charge on any atom is -0.392 e. The zero-order chi connectivity index (χ0) is 14.0. The van der Waals surface area contributed by atoms with Crippen LogP contribution in [0.4, 0.5) is 0 Å². The van der Waals surface area contributed by atoms with Gasteiger partial charge in [0, 0.05) is 16.6 Å². The number of aliphatic hydroxyl groups excluding tert-OH is 1. The number of halogens is 2. The fourth-order valence-electron chi connectivity index (χ4n) is 2.16. The van der Waals surface area contributed by atoms with Crippen LogP contribution < -0.4 is 10.6 Å². The highest BCUT2D eigenvalue weighted by Crippen LogP contribution is 2.26. The molecular weight excluding hydrogens is 287 g/mol. The first-order valence-corrected chi connectivity index (χ1v) is 6.89. The molecule has 1 heterocycles. The van der Waals surface area contributed by atoms with Crippen LogP contribution in [-0.2, 0) is 4.79 Å². The Kier molecular flexibility index (Phi) is 4.68. The van der Waals surface area contributed by atoms with E-state index in [1.54, 1.807) is 18.2 Å². The van der Waals surface area contributed by atoms with Crippen LogP contribution in [0, 0.1) is 0 Å². The largest absolute Gasteiger partial charge is 0.392 e. The van der Waals surface area contributed by atoms with Crippen LogP contribution in [0.3, 0.4) is 0 Å². The monoisotopic (exact) mass is 302 g/mol. The number of hydrogen-bond acceptors (Lipinski definition) is 3. The molecule has 4 nitrogen and oxygen atoms in total. The van der Waals surface area contributed by atoms with E-state index < -0.39 is 6.10 Å². The van der Waals surface area contributed by atoms with Crippen molar-refractivity contribution in [2.75, 3.05) is 6.54 Å². The van der Waals surface area contributed by atoms with E-state index in [1.165, 1.54) is 0 Å². The molecule has 0 aromatic heterocycles. The molecule has 1 aromatic carbocycles. The second-order valence-electron chi connectivity index (χ2n) is 4.75. The number of carbonyl (C=O) groups is 1. The Morgan fingerprint density at radius 3 is 2.84 bits per heavy atom. The van der Waals surface area contributed by atoms with Gasteiger partial charge in [0.2, 0.25) is 5.91 Å². The summed E-state index contributed by atoms with van der Waals surface area (Å²) in [7, 11) is 0. The third-order valence-corrected chi connectivity index (χ3v) is 3.77. The third-order valence-electron chi connectivity index (χ3n) is 3.21. The molecule has 0 spiro atoms. The van der Waals surface area contributed by atoms with Gasteiger partial charge >= 0.3 is 0 Å². The van der Waals surface area contributed by atoms with Gasteiger partial charge in [0.05, 0.1) is 18.2 Å². The Morgan fingerprint density at radius 2 is 2.26 bits per heavy atom. The van der Waals surface area contributed by atoms with E-state index in [9.17, 15) is 9.90 Å². The van der Waals surface area contributed by atoms with E-state index in [4.69, 9.17) is 23.2 Å². The van der Waals surface area contributed by atoms with Crippen LogP contribution in [0.1, 0.15) is 24.9 Å². The topological polar surface area (TPSA) is 61.4 Å². The van der Waals surface area contributed by atoms with E-state index in [0.717, 1.165) is 5.56 Å². The van der Waals surface area contributed by atoms with Crippen LogP contribution in [-0.4, -0.2) is 29.7 Å². The maximum atomic E-state index is 12.0. The van der Waals surface area contributed by atoms with Crippen molar-refractivity contribution < 1.29 is 9.90 Å². The highest BCUT2D eigenvalue weighted by Gasteiger charge is 2.28. The van der Waals surface area contributed by atoms with Crippen molar-refractivity contribution in [1.29, 1.82) is 0 Å². The van der Waals surface area contributed by atoms with Gasteiger partial charge in [-0.3, -0.25) is 4.79 Å². The lowest BCUT2D eigenvalue weighted by atomic mass is 10.1. The molecule has 0 unspecified atom stereocenters. The minimum atomic E-state index is -0.454. The average molecular weight is 303 g/mol. The van der Waals surface area contributed by atoms with Crippen LogP contribution in [0.5, 0.6) is 0 Å². The molecular formula is C13H16Cl2N2O2. The number of rotatable bonds is 3. The van der Waals surface area contributed by atoms with Crippen LogP contribution >= 0.6 is 23.2 Å². The normalized spacial score (nSPS) is 24.2. The van der Waals surface area contributed by atoms with Gasteiger partial charge in [0.1, 0.15) is 0 Å². The molecule has 0 aliphatic carbocycles. The van der Waals surface area contributed by atoms with Crippen molar-refractivity contribution in [3.05, 3.63) is 33.8 Å². The Morgan fingerprint density at radius 1 is 1.53 bits per heavy atom.